The maximum absolute atomic E-state index is 12.5. The van der Waals surface area contributed by atoms with Crippen LogP contribution in [-0.4, -0.2) is 43.7 Å². The first-order valence-corrected chi connectivity index (χ1v) is 8.47. The highest BCUT2D eigenvalue weighted by Crippen LogP contribution is 2.29. The Morgan fingerprint density at radius 2 is 1.37 bits per heavy atom. The summed E-state index contributed by atoms with van der Waals surface area (Å²) in [5, 5.41) is 0. The monoisotopic (exact) mass is 368 g/mol. The van der Waals surface area contributed by atoms with Crippen molar-refractivity contribution in [3.05, 3.63) is 84.4 Å². The third-order valence-electron chi connectivity index (χ3n) is 4.18. The molecule has 4 atom stereocenters. The van der Waals surface area contributed by atoms with E-state index in [0.717, 1.165) is 0 Å². The van der Waals surface area contributed by atoms with Gasteiger partial charge in [-0.1, -0.05) is 42.5 Å². The van der Waals surface area contributed by atoms with Crippen LogP contribution in [0.2, 0.25) is 0 Å². The molecule has 6 heteroatoms. The number of esters is 2. The molecule has 1 saturated heterocycles. The van der Waals surface area contributed by atoms with Gasteiger partial charge in [0.15, 0.2) is 18.5 Å². The highest BCUT2D eigenvalue weighted by Gasteiger charge is 2.49. The SMILES string of the molecule is C=C[C@H]1O[C@H](OC)[C@H](OC(=O)c2ccccc2)[C@@H]1OC(=O)c1ccccc1. The number of hydrogen-bond acceptors (Lipinski definition) is 6. The van der Waals surface area contributed by atoms with Gasteiger partial charge in [-0.25, -0.2) is 9.59 Å². The molecular weight excluding hydrogens is 348 g/mol. The van der Waals surface area contributed by atoms with Gasteiger partial charge in [0, 0.05) is 7.11 Å². The van der Waals surface area contributed by atoms with Crippen LogP contribution in [0, 0.1) is 0 Å². The summed E-state index contributed by atoms with van der Waals surface area (Å²) in [4.78, 5) is 24.9. The topological polar surface area (TPSA) is 71.1 Å². The zero-order valence-electron chi connectivity index (χ0n) is 14.8. The number of ether oxygens (including phenoxy) is 4. The number of rotatable bonds is 6. The van der Waals surface area contributed by atoms with Crippen molar-refractivity contribution in [3.8, 4) is 0 Å². The molecule has 6 nitrogen and oxygen atoms in total. The van der Waals surface area contributed by atoms with E-state index in [1.807, 2.05) is 0 Å². The van der Waals surface area contributed by atoms with Crippen molar-refractivity contribution in [1.29, 1.82) is 0 Å². The van der Waals surface area contributed by atoms with Gasteiger partial charge in [-0.3, -0.25) is 0 Å². The average Bonchev–Trinajstić information content (AvgIpc) is 3.05. The standard InChI is InChI=1S/C21H20O6/c1-3-16-17(26-19(22)14-10-6-4-7-11-14)18(21(24-2)25-16)27-20(23)15-12-8-5-9-13-15/h3-13,16-18,21H,1H2,2H3/t16-,17-,18-,21+/m1/s1. The smallest absolute Gasteiger partial charge is 0.338 e. The van der Waals surface area contributed by atoms with Crippen LogP contribution in [0.4, 0.5) is 0 Å². The second kappa shape index (κ2) is 8.62. The van der Waals surface area contributed by atoms with Gasteiger partial charge in [-0.05, 0) is 24.3 Å². The number of benzene rings is 2. The molecule has 0 aromatic heterocycles. The molecule has 1 heterocycles. The fourth-order valence-corrected chi connectivity index (χ4v) is 2.82. The Bertz CT molecular complexity index is 789. The second-order valence-corrected chi connectivity index (χ2v) is 5.91. The van der Waals surface area contributed by atoms with Gasteiger partial charge in [0.05, 0.1) is 11.1 Å². The van der Waals surface area contributed by atoms with E-state index < -0.39 is 36.5 Å². The highest BCUT2D eigenvalue weighted by molar-refractivity contribution is 5.90. The lowest BCUT2D eigenvalue weighted by Crippen LogP contribution is -2.40. The minimum absolute atomic E-state index is 0.377. The number of carbonyl (C=O) groups is 2. The Morgan fingerprint density at radius 3 is 1.81 bits per heavy atom. The molecule has 1 fully saturated rings. The van der Waals surface area contributed by atoms with E-state index >= 15 is 0 Å². The summed E-state index contributed by atoms with van der Waals surface area (Å²) in [6.45, 7) is 3.70. The zero-order chi connectivity index (χ0) is 19.2. The Kier molecular flexibility index (Phi) is 6.01. The molecular formula is C21H20O6. The number of carbonyl (C=O) groups excluding carboxylic acids is 2. The van der Waals surface area contributed by atoms with Crippen molar-refractivity contribution in [2.45, 2.75) is 24.6 Å². The van der Waals surface area contributed by atoms with Crippen molar-refractivity contribution in [3.63, 3.8) is 0 Å². The first-order valence-electron chi connectivity index (χ1n) is 8.47. The summed E-state index contributed by atoms with van der Waals surface area (Å²) in [6, 6.07) is 17.1. The van der Waals surface area contributed by atoms with Gasteiger partial charge >= 0.3 is 11.9 Å². The minimum atomic E-state index is -0.932. The summed E-state index contributed by atoms with van der Waals surface area (Å²) in [5.74, 6) is -1.11. The lowest BCUT2D eigenvalue weighted by molar-refractivity contribution is -0.145. The molecule has 0 saturated carbocycles. The first-order chi connectivity index (χ1) is 13.1. The molecule has 0 amide bonds. The Balaban J connectivity index is 1.80. The zero-order valence-corrected chi connectivity index (χ0v) is 14.8. The van der Waals surface area contributed by atoms with Gasteiger partial charge in [0.2, 0.25) is 0 Å². The Hall–Kier alpha value is -2.96. The van der Waals surface area contributed by atoms with E-state index in [9.17, 15) is 9.59 Å². The van der Waals surface area contributed by atoms with Crippen LogP contribution in [0.3, 0.4) is 0 Å². The molecule has 0 bridgehead atoms. The molecule has 27 heavy (non-hydrogen) atoms. The molecule has 2 aromatic carbocycles. The molecule has 140 valence electrons. The summed E-state index contributed by atoms with van der Waals surface area (Å²) in [6.07, 6.45) is -1.87. The van der Waals surface area contributed by atoms with Gasteiger partial charge in [0.1, 0.15) is 6.10 Å². The summed E-state index contributed by atoms with van der Waals surface area (Å²) < 4.78 is 22.1. The van der Waals surface area contributed by atoms with E-state index in [1.54, 1.807) is 60.7 Å². The molecule has 2 aromatic rings. The number of hydrogen-bond donors (Lipinski definition) is 0. The minimum Gasteiger partial charge on any atom is -0.451 e. The largest absolute Gasteiger partial charge is 0.451 e. The van der Waals surface area contributed by atoms with E-state index in [2.05, 4.69) is 6.58 Å². The third kappa shape index (κ3) is 4.24. The van der Waals surface area contributed by atoms with Crippen molar-refractivity contribution in [2.24, 2.45) is 0 Å². The summed E-state index contributed by atoms with van der Waals surface area (Å²) >= 11 is 0. The van der Waals surface area contributed by atoms with Crippen LogP contribution in [0.25, 0.3) is 0 Å². The van der Waals surface area contributed by atoms with Gasteiger partial charge in [-0.15, -0.1) is 6.58 Å². The quantitative estimate of drug-likeness (QED) is 0.577. The van der Waals surface area contributed by atoms with Crippen LogP contribution in [0.15, 0.2) is 73.3 Å². The lowest BCUT2D eigenvalue weighted by Gasteiger charge is -2.23. The first kappa shape index (κ1) is 18.8. The maximum Gasteiger partial charge on any atom is 0.338 e. The van der Waals surface area contributed by atoms with E-state index in [-0.39, 0.29) is 0 Å². The van der Waals surface area contributed by atoms with E-state index in [0.29, 0.717) is 11.1 Å². The van der Waals surface area contributed by atoms with Crippen molar-refractivity contribution < 1.29 is 28.5 Å². The Morgan fingerprint density at radius 1 is 0.889 bits per heavy atom. The van der Waals surface area contributed by atoms with E-state index in [1.165, 1.54) is 13.2 Å². The third-order valence-corrected chi connectivity index (χ3v) is 4.18. The fraction of sp³-hybridized carbons (Fsp3) is 0.238. The van der Waals surface area contributed by atoms with Crippen LogP contribution >= 0.6 is 0 Å². The Labute approximate surface area is 157 Å². The van der Waals surface area contributed by atoms with Crippen LogP contribution in [0.5, 0.6) is 0 Å². The van der Waals surface area contributed by atoms with Crippen LogP contribution < -0.4 is 0 Å². The van der Waals surface area contributed by atoms with Crippen LogP contribution in [0.1, 0.15) is 20.7 Å². The number of methoxy groups -OCH3 is 1. The molecule has 0 unspecified atom stereocenters. The molecule has 1 aliphatic heterocycles. The average molecular weight is 368 g/mol. The van der Waals surface area contributed by atoms with Crippen molar-refractivity contribution >= 4 is 11.9 Å². The summed E-state index contributed by atoms with van der Waals surface area (Å²) in [5.41, 5.74) is 0.761. The van der Waals surface area contributed by atoms with Gasteiger partial charge in [0.25, 0.3) is 0 Å². The predicted molar refractivity (Wildman–Crippen MR) is 97.2 cm³/mol. The maximum atomic E-state index is 12.5. The second-order valence-electron chi connectivity index (χ2n) is 5.91. The normalized spacial score (nSPS) is 24.2. The highest BCUT2D eigenvalue weighted by atomic mass is 16.7. The fourth-order valence-electron chi connectivity index (χ4n) is 2.82. The molecule has 0 radical (unpaired) electrons. The van der Waals surface area contributed by atoms with Crippen molar-refractivity contribution in [1.82, 2.24) is 0 Å². The molecule has 0 aliphatic carbocycles. The lowest BCUT2D eigenvalue weighted by atomic mass is 10.1. The molecule has 1 aliphatic rings. The van der Waals surface area contributed by atoms with Crippen molar-refractivity contribution in [2.75, 3.05) is 7.11 Å². The molecule has 0 N–H and O–H groups in total. The van der Waals surface area contributed by atoms with Gasteiger partial charge in [-0.2, -0.15) is 0 Å². The van der Waals surface area contributed by atoms with Gasteiger partial charge < -0.3 is 18.9 Å². The molecule has 0 spiro atoms. The molecule has 3 rings (SSSR count). The van der Waals surface area contributed by atoms with Crippen LogP contribution in [-0.2, 0) is 18.9 Å². The van der Waals surface area contributed by atoms with E-state index in [4.69, 9.17) is 18.9 Å². The predicted octanol–water partition coefficient (Wildman–Crippen LogP) is 2.99. The summed E-state index contributed by atoms with van der Waals surface area (Å²) in [7, 11) is 1.43.